The smallest absolute Gasteiger partial charge is 0.420 e. The second-order valence-corrected chi connectivity index (χ2v) is 8.72. The predicted octanol–water partition coefficient (Wildman–Crippen LogP) is 6.17. The molecule has 0 aromatic heterocycles. The summed E-state index contributed by atoms with van der Waals surface area (Å²) in [4.78, 5) is 49.0. The van der Waals surface area contributed by atoms with E-state index in [-0.39, 0.29) is 28.9 Å². The lowest BCUT2D eigenvalue weighted by Crippen LogP contribution is -2.29. The first-order valence-corrected chi connectivity index (χ1v) is 11.7. The highest BCUT2D eigenvalue weighted by atomic mass is 19.4. The summed E-state index contributed by atoms with van der Waals surface area (Å²) in [5.74, 6) is -5.10. The normalized spacial score (nSPS) is 15.3. The van der Waals surface area contributed by atoms with Crippen molar-refractivity contribution < 1.29 is 55.0 Å². The van der Waals surface area contributed by atoms with Crippen molar-refractivity contribution in [2.45, 2.75) is 12.4 Å². The number of halogens is 6. The molecule has 0 radical (unpaired) electrons. The van der Waals surface area contributed by atoms with Crippen LogP contribution in [0.5, 0.6) is 23.0 Å². The van der Waals surface area contributed by atoms with Gasteiger partial charge in [0.05, 0.1) is 22.5 Å². The molecule has 2 aliphatic rings. The van der Waals surface area contributed by atoms with Gasteiger partial charge in [-0.05, 0) is 54.6 Å². The number of rotatable bonds is 6. The Hall–Kier alpha value is -5.40. The first-order valence-electron chi connectivity index (χ1n) is 11.7. The third-order valence-corrected chi connectivity index (χ3v) is 5.96. The van der Waals surface area contributed by atoms with Crippen molar-refractivity contribution in [1.82, 2.24) is 0 Å². The number of hydrogen-bond donors (Lipinski definition) is 0. The highest BCUT2D eigenvalue weighted by molar-refractivity contribution is 6.28. The van der Waals surface area contributed by atoms with Gasteiger partial charge in [0, 0.05) is 30.4 Å². The molecule has 0 atom stereocenters. The topological polar surface area (TPSA) is 93.2 Å². The van der Waals surface area contributed by atoms with Gasteiger partial charge in [-0.2, -0.15) is 26.3 Å². The molecule has 0 N–H and O–H groups in total. The highest BCUT2D eigenvalue weighted by Gasteiger charge is 2.42. The van der Waals surface area contributed by atoms with E-state index in [1.165, 1.54) is 24.3 Å². The van der Waals surface area contributed by atoms with E-state index in [4.69, 9.17) is 9.47 Å². The zero-order chi connectivity index (χ0) is 30.4. The van der Waals surface area contributed by atoms with Gasteiger partial charge in [0.2, 0.25) is 0 Å². The van der Waals surface area contributed by atoms with E-state index in [0.29, 0.717) is 6.07 Å². The molecule has 3 aromatic rings. The molecular weight excluding hydrogens is 574 g/mol. The number of alkyl halides is 6. The third kappa shape index (κ3) is 5.46. The number of anilines is 2. The largest absolute Gasteiger partial charge is 0.457 e. The zero-order valence-corrected chi connectivity index (χ0v) is 20.7. The van der Waals surface area contributed by atoms with E-state index < -0.39 is 58.6 Å². The number of amides is 4. The average molecular weight is 588 g/mol. The second-order valence-electron chi connectivity index (χ2n) is 8.72. The van der Waals surface area contributed by atoms with Crippen LogP contribution in [-0.4, -0.2) is 23.6 Å². The fourth-order valence-corrected chi connectivity index (χ4v) is 4.06. The van der Waals surface area contributed by atoms with Crippen molar-refractivity contribution in [3.8, 4) is 23.0 Å². The van der Waals surface area contributed by atoms with Gasteiger partial charge in [0.25, 0.3) is 23.6 Å². The standard InChI is InChI=1S/C28H14F6N2O6/c29-27(30,31)19-13-20(28(32,33)34)22(42-18-7-3-16(4-8-18)36-25(39)11-12-26(36)40)14-21(19)41-17-5-1-15(2-6-17)35-23(37)9-10-24(35)38/h1-14H. The predicted molar refractivity (Wildman–Crippen MR) is 133 cm³/mol. The van der Waals surface area contributed by atoms with E-state index >= 15 is 0 Å². The van der Waals surface area contributed by atoms with Crippen LogP contribution in [0.2, 0.25) is 0 Å². The number of imide groups is 2. The minimum absolute atomic E-state index is 0.0893. The number of ether oxygens (including phenoxy) is 2. The summed E-state index contributed by atoms with van der Waals surface area (Å²) in [6.45, 7) is 0. The summed E-state index contributed by atoms with van der Waals surface area (Å²) in [6, 6.07) is 9.62. The number of nitrogens with zero attached hydrogens (tertiary/aromatic N) is 2. The van der Waals surface area contributed by atoms with Crippen molar-refractivity contribution in [3.05, 3.63) is 96.1 Å². The molecule has 5 rings (SSSR count). The zero-order valence-electron chi connectivity index (χ0n) is 20.7. The molecule has 0 unspecified atom stereocenters. The third-order valence-electron chi connectivity index (χ3n) is 5.96. The lowest BCUT2D eigenvalue weighted by molar-refractivity contribution is -0.144. The van der Waals surface area contributed by atoms with Gasteiger partial charge < -0.3 is 9.47 Å². The van der Waals surface area contributed by atoms with Gasteiger partial charge >= 0.3 is 12.4 Å². The Bertz CT molecular complexity index is 1520. The SMILES string of the molecule is O=C1C=CC(=O)N1c1ccc(Oc2cc(Oc3ccc(N4C(=O)C=CC4=O)cc3)c(C(F)(F)F)cc2C(F)(F)F)cc1. The van der Waals surface area contributed by atoms with Crippen molar-refractivity contribution in [3.63, 3.8) is 0 Å². The lowest BCUT2D eigenvalue weighted by Gasteiger charge is -2.20. The Morgan fingerprint density at radius 3 is 1.07 bits per heavy atom. The Morgan fingerprint density at radius 1 is 0.476 bits per heavy atom. The minimum Gasteiger partial charge on any atom is -0.457 e. The van der Waals surface area contributed by atoms with Gasteiger partial charge in [-0.25, -0.2) is 9.80 Å². The molecule has 4 amide bonds. The van der Waals surface area contributed by atoms with Crippen LogP contribution in [0, 0.1) is 0 Å². The van der Waals surface area contributed by atoms with Crippen LogP contribution < -0.4 is 19.3 Å². The molecule has 2 aliphatic heterocycles. The van der Waals surface area contributed by atoms with Crippen molar-refractivity contribution >= 4 is 35.0 Å². The Kier molecular flexibility index (Phi) is 6.84. The first kappa shape index (κ1) is 28.1. The first-order chi connectivity index (χ1) is 19.7. The van der Waals surface area contributed by atoms with Crippen LogP contribution in [0.4, 0.5) is 37.7 Å². The van der Waals surface area contributed by atoms with Gasteiger partial charge in [-0.3, -0.25) is 19.2 Å². The van der Waals surface area contributed by atoms with E-state index in [2.05, 4.69) is 0 Å². The highest BCUT2D eigenvalue weighted by Crippen LogP contribution is 2.47. The second kappa shape index (κ2) is 10.2. The van der Waals surface area contributed by atoms with Gasteiger partial charge in [-0.15, -0.1) is 0 Å². The van der Waals surface area contributed by atoms with Crippen LogP contribution in [0.25, 0.3) is 0 Å². The van der Waals surface area contributed by atoms with E-state index in [1.807, 2.05) is 0 Å². The quantitative estimate of drug-likeness (QED) is 0.253. The maximum absolute atomic E-state index is 13.8. The van der Waals surface area contributed by atoms with Crippen molar-refractivity contribution in [1.29, 1.82) is 0 Å². The molecule has 214 valence electrons. The van der Waals surface area contributed by atoms with Crippen molar-refractivity contribution in [2.75, 3.05) is 9.80 Å². The van der Waals surface area contributed by atoms with Crippen LogP contribution in [0.3, 0.4) is 0 Å². The molecule has 3 aromatic carbocycles. The number of carbonyl (C=O) groups excluding carboxylic acids is 4. The van der Waals surface area contributed by atoms with Gasteiger partial charge in [0.1, 0.15) is 23.0 Å². The molecule has 0 fully saturated rings. The maximum atomic E-state index is 13.8. The summed E-state index contributed by atoms with van der Waals surface area (Å²) in [6.07, 6.45) is -6.41. The molecule has 8 nitrogen and oxygen atoms in total. The summed E-state index contributed by atoms with van der Waals surface area (Å²) in [5.41, 5.74) is -3.30. The van der Waals surface area contributed by atoms with Crippen molar-refractivity contribution in [2.24, 2.45) is 0 Å². The van der Waals surface area contributed by atoms with Crippen LogP contribution in [0.1, 0.15) is 11.1 Å². The Labute approximate surface area is 231 Å². The number of carbonyl (C=O) groups is 4. The summed E-state index contributed by atoms with van der Waals surface area (Å²) in [7, 11) is 0. The van der Waals surface area contributed by atoms with Gasteiger partial charge in [0.15, 0.2) is 0 Å². The summed E-state index contributed by atoms with van der Waals surface area (Å²) in [5, 5.41) is 0. The molecule has 14 heteroatoms. The number of benzene rings is 3. The molecular formula is C28H14F6N2O6. The van der Waals surface area contributed by atoms with Gasteiger partial charge in [-0.1, -0.05) is 0 Å². The van der Waals surface area contributed by atoms with Crippen LogP contribution in [0.15, 0.2) is 85.0 Å². The average Bonchev–Trinajstić information content (AvgIpc) is 3.43. The van der Waals surface area contributed by atoms with E-state index in [0.717, 1.165) is 58.4 Å². The van der Waals surface area contributed by atoms with E-state index in [1.54, 1.807) is 0 Å². The molecule has 0 saturated carbocycles. The Morgan fingerprint density at radius 2 is 0.786 bits per heavy atom. The fourth-order valence-electron chi connectivity index (χ4n) is 4.06. The molecule has 2 heterocycles. The minimum atomic E-state index is -5.27. The summed E-state index contributed by atoms with van der Waals surface area (Å²) >= 11 is 0. The molecule has 0 aliphatic carbocycles. The lowest BCUT2D eigenvalue weighted by atomic mass is 10.1. The number of hydrogen-bond acceptors (Lipinski definition) is 6. The molecule has 0 saturated heterocycles. The molecule has 0 bridgehead atoms. The monoisotopic (exact) mass is 588 g/mol. The molecule has 0 spiro atoms. The fraction of sp³-hybridized carbons (Fsp3) is 0.0714. The van der Waals surface area contributed by atoms with Crippen LogP contribution >= 0.6 is 0 Å². The molecule has 42 heavy (non-hydrogen) atoms. The van der Waals surface area contributed by atoms with E-state index in [9.17, 15) is 45.5 Å². The maximum Gasteiger partial charge on any atom is 0.420 e. The summed E-state index contributed by atoms with van der Waals surface area (Å²) < 4.78 is 93.7. The van der Waals surface area contributed by atoms with Crippen LogP contribution in [-0.2, 0) is 31.5 Å². The Balaban J connectivity index is 1.48.